The second-order valence-corrected chi connectivity index (χ2v) is 6.97. The van der Waals surface area contributed by atoms with Crippen LogP contribution >= 0.6 is 0 Å². The number of pyridine rings is 2. The van der Waals surface area contributed by atoms with Crippen LogP contribution in [0.4, 0.5) is 0 Å². The highest BCUT2D eigenvalue weighted by atomic mass is 16.5. The van der Waals surface area contributed by atoms with Crippen LogP contribution in [-0.2, 0) is 0 Å². The number of aromatic nitrogens is 2. The first-order chi connectivity index (χ1) is 15.1. The fourth-order valence-electron chi connectivity index (χ4n) is 3.56. The van der Waals surface area contributed by atoms with E-state index in [4.69, 9.17) is 14.8 Å². The van der Waals surface area contributed by atoms with Crippen LogP contribution in [0.25, 0.3) is 33.3 Å². The molecule has 2 heterocycles. The summed E-state index contributed by atoms with van der Waals surface area (Å²) in [5.41, 5.74) is 6.91. The second-order valence-electron chi connectivity index (χ2n) is 6.97. The lowest BCUT2D eigenvalue weighted by Gasteiger charge is -2.13. The standard InChI is InChI=1S/C24H21N3O4/c1-15-22(24(29)27-30)20-14-25-11-10-21(20)26-23(15)18-4-2-16(3-5-18)17-6-8-19(9-7-17)31-13-12-28/h2-11,14,28,30H,12-13H2,1H3,(H,27,29). The van der Waals surface area contributed by atoms with Crippen molar-refractivity contribution in [2.45, 2.75) is 6.92 Å². The lowest BCUT2D eigenvalue weighted by molar-refractivity contribution is 0.0707. The Morgan fingerprint density at radius 2 is 1.65 bits per heavy atom. The number of amides is 1. The third kappa shape index (κ3) is 4.09. The molecule has 0 radical (unpaired) electrons. The molecule has 0 spiro atoms. The van der Waals surface area contributed by atoms with Crippen molar-refractivity contribution in [3.8, 4) is 28.1 Å². The number of fused-ring (bicyclic) bond motifs is 1. The Hall–Kier alpha value is -3.81. The first-order valence-corrected chi connectivity index (χ1v) is 9.75. The largest absolute Gasteiger partial charge is 0.491 e. The SMILES string of the molecule is Cc1c(-c2ccc(-c3ccc(OCCO)cc3)cc2)nc2ccncc2c1C(=O)NO. The summed E-state index contributed by atoms with van der Waals surface area (Å²) in [5.74, 6) is 0.105. The smallest absolute Gasteiger partial charge is 0.275 e. The Morgan fingerprint density at radius 1 is 1.00 bits per heavy atom. The minimum absolute atomic E-state index is 0.0242. The summed E-state index contributed by atoms with van der Waals surface area (Å²) >= 11 is 0. The molecule has 7 nitrogen and oxygen atoms in total. The van der Waals surface area contributed by atoms with E-state index >= 15 is 0 Å². The number of hydrogen-bond acceptors (Lipinski definition) is 6. The second kappa shape index (κ2) is 8.91. The Morgan fingerprint density at radius 3 is 2.29 bits per heavy atom. The van der Waals surface area contributed by atoms with Gasteiger partial charge in [-0.3, -0.25) is 15.0 Å². The number of carbonyl (C=O) groups is 1. The predicted molar refractivity (Wildman–Crippen MR) is 117 cm³/mol. The zero-order chi connectivity index (χ0) is 21.8. The van der Waals surface area contributed by atoms with Crippen LogP contribution in [0, 0.1) is 6.92 Å². The molecule has 0 unspecified atom stereocenters. The minimum atomic E-state index is -0.598. The monoisotopic (exact) mass is 415 g/mol. The number of ether oxygens (including phenoxy) is 1. The van der Waals surface area contributed by atoms with E-state index in [-0.39, 0.29) is 13.2 Å². The summed E-state index contributed by atoms with van der Waals surface area (Å²) in [7, 11) is 0. The molecule has 0 saturated carbocycles. The van der Waals surface area contributed by atoms with Crippen LogP contribution < -0.4 is 10.2 Å². The van der Waals surface area contributed by atoms with Gasteiger partial charge in [0.15, 0.2) is 0 Å². The zero-order valence-corrected chi connectivity index (χ0v) is 16.9. The summed E-state index contributed by atoms with van der Waals surface area (Å²) in [6.45, 7) is 2.04. The number of hydrogen-bond donors (Lipinski definition) is 3. The molecule has 1 amide bonds. The Labute approximate surface area is 178 Å². The predicted octanol–water partition coefficient (Wildman–Crippen LogP) is 3.76. The molecule has 31 heavy (non-hydrogen) atoms. The van der Waals surface area contributed by atoms with Gasteiger partial charge in [-0.15, -0.1) is 0 Å². The van der Waals surface area contributed by atoms with Crippen molar-refractivity contribution >= 4 is 16.8 Å². The number of carbonyl (C=O) groups excluding carboxylic acids is 1. The fraction of sp³-hybridized carbons (Fsp3) is 0.125. The summed E-state index contributed by atoms with van der Waals surface area (Å²) < 4.78 is 5.40. The molecule has 0 saturated heterocycles. The molecule has 0 aliphatic heterocycles. The first kappa shape index (κ1) is 20.5. The van der Waals surface area contributed by atoms with E-state index in [2.05, 4.69) is 4.98 Å². The van der Waals surface area contributed by atoms with E-state index in [1.807, 2.05) is 48.5 Å². The van der Waals surface area contributed by atoms with Gasteiger partial charge in [-0.2, -0.15) is 0 Å². The normalized spacial score (nSPS) is 10.8. The van der Waals surface area contributed by atoms with Gasteiger partial charge in [0.05, 0.1) is 23.4 Å². The van der Waals surface area contributed by atoms with Crippen LogP contribution in [0.15, 0.2) is 67.0 Å². The van der Waals surface area contributed by atoms with Gasteiger partial charge in [-0.1, -0.05) is 36.4 Å². The minimum Gasteiger partial charge on any atom is -0.491 e. The first-order valence-electron chi connectivity index (χ1n) is 9.75. The third-order valence-corrected chi connectivity index (χ3v) is 5.06. The van der Waals surface area contributed by atoms with Gasteiger partial charge < -0.3 is 9.84 Å². The zero-order valence-electron chi connectivity index (χ0n) is 16.9. The van der Waals surface area contributed by atoms with Crippen molar-refractivity contribution in [3.05, 3.63) is 78.1 Å². The molecule has 7 heteroatoms. The van der Waals surface area contributed by atoms with Crippen LogP contribution in [0.1, 0.15) is 15.9 Å². The van der Waals surface area contributed by atoms with Gasteiger partial charge in [0, 0.05) is 23.3 Å². The molecule has 4 aromatic rings. The highest BCUT2D eigenvalue weighted by Gasteiger charge is 2.18. The molecule has 2 aromatic heterocycles. The van der Waals surface area contributed by atoms with Crippen molar-refractivity contribution in [2.24, 2.45) is 0 Å². The topological polar surface area (TPSA) is 105 Å². The number of rotatable bonds is 6. The molecule has 0 aliphatic rings. The maximum absolute atomic E-state index is 12.3. The van der Waals surface area contributed by atoms with Gasteiger partial charge in [0.2, 0.25) is 0 Å². The van der Waals surface area contributed by atoms with E-state index in [1.165, 1.54) is 0 Å². The number of benzene rings is 2. The van der Waals surface area contributed by atoms with Crippen molar-refractivity contribution in [2.75, 3.05) is 13.2 Å². The molecule has 0 fully saturated rings. The Kier molecular flexibility index (Phi) is 5.88. The van der Waals surface area contributed by atoms with Crippen LogP contribution in [0.5, 0.6) is 5.75 Å². The number of nitrogens with one attached hydrogen (secondary N) is 1. The van der Waals surface area contributed by atoms with Crippen LogP contribution in [-0.4, -0.2) is 39.4 Å². The number of nitrogens with zero attached hydrogens (tertiary/aromatic N) is 2. The molecule has 0 atom stereocenters. The summed E-state index contributed by atoms with van der Waals surface area (Å²) in [6, 6.07) is 17.3. The number of aliphatic hydroxyl groups is 1. The van der Waals surface area contributed by atoms with Crippen molar-refractivity contribution < 1.29 is 19.8 Å². The highest BCUT2D eigenvalue weighted by molar-refractivity contribution is 6.08. The Bertz CT molecular complexity index is 1220. The van der Waals surface area contributed by atoms with Crippen LogP contribution in [0.2, 0.25) is 0 Å². The molecule has 4 rings (SSSR count). The van der Waals surface area contributed by atoms with E-state index in [0.717, 1.165) is 16.7 Å². The van der Waals surface area contributed by atoms with E-state index in [1.54, 1.807) is 30.9 Å². The molecule has 156 valence electrons. The number of hydroxylamine groups is 1. The molecule has 0 bridgehead atoms. The summed E-state index contributed by atoms with van der Waals surface area (Å²) in [5, 5.41) is 18.6. The van der Waals surface area contributed by atoms with Gasteiger partial charge in [0.1, 0.15) is 12.4 Å². The molecular formula is C24H21N3O4. The molecule has 2 aromatic carbocycles. The van der Waals surface area contributed by atoms with E-state index < -0.39 is 5.91 Å². The lowest BCUT2D eigenvalue weighted by atomic mass is 9.96. The maximum Gasteiger partial charge on any atom is 0.275 e. The lowest BCUT2D eigenvalue weighted by Crippen LogP contribution is -2.21. The van der Waals surface area contributed by atoms with Gasteiger partial charge in [-0.05, 0) is 41.8 Å². The van der Waals surface area contributed by atoms with Crippen molar-refractivity contribution in [1.29, 1.82) is 0 Å². The fourth-order valence-corrected chi connectivity index (χ4v) is 3.56. The van der Waals surface area contributed by atoms with Crippen LogP contribution in [0.3, 0.4) is 0 Å². The summed E-state index contributed by atoms with van der Waals surface area (Å²) in [6.07, 6.45) is 3.19. The van der Waals surface area contributed by atoms with Crippen molar-refractivity contribution in [3.63, 3.8) is 0 Å². The van der Waals surface area contributed by atoms with Gasteiger partial charge >= 0.3 is 0 Å². The van der Waals surface area contributed by atoms with Gasteiger partial charge in [0.25, 0.3) is 5.91 Å². The summed E-state index contributed by atoms with van der Waals surface area (Å²) in [4.78, 5) is 21.1. The van der Waals surface area contributed by atoms with Crippen molar-refractivity contribution in [1.82, 2.24) is 15.4 Å². The number of aliphatic hydroxyl groups excluding tert-OH is 1. The molecular weight excluding hydrogens is 394 g/mol. The molecule has 3 N–H and O–H groups in total. The average molecular weight is 415 g/mol. The average Bonchev–Trinajstić information content (AvgIpc) is 2.82. The van der Waals surface area contributed by atoms with Gasteiger partial charge in [-0.25, -0.2) is 10.5 Å². The molecule has 0 aliphatic carbocycles. The highest BCUT2D eigenvalue weighted by Crippen LogP contribution is 2.31. The Balaban J connectivity index is 1.71. The van der Waals surface area contributed by atoms with E-state index in [9.17, 15) is 10.0 Å². The maximum atomic E-state index is 12.3. The van der Waals surface area contributed by atoms with E-state index in [0.29, 0.717) is 33.5 Å². The third-order valence-electron chi connectivity index (χ3n) is 5.06. The quantitative estimate of drug-likeness (QED) is 0.327.